The van der Waals surface area contributed by atoms with E-state index in [4.69, 9.17) is 0 Å². The quantitative estimate of drug-likeness (QED) is 0.398. The minimum atomic E-state index is -0.107. The summed E-state index contributed by atoms with van der Waals surface area (Å²) in [6, 6.07) is 19.9. The fraction of sp³-hybridized carbons (Fsp3) is 0.269. The predicted octanol–water partition coefficient (Wildman–Crippen LogP) is 4.60. The van der Waals surface area contributed by atoms with Crippen LogP contribution in [0.1, 0.15) is 28.1 Å². The van der Waals surface area contributed by atoms with Gasteiger partial charge in [0.1, 0.15) is 5.69 Å². The van der Waals surface area contributed by atoms with Crippen molar-refractivity contribution in [1.82, 2.24) is 14.5 Å². The maximum Gasteiger partial charge on any atom is 0.272 e. The molecule has 0 aliphatic rings. The Balaban J connectivity index is 1.52. The van der Waals surface area contributed by atoms with E-state index < -0.39 is 0 Å². The van der Waals surface area contributed by atoms with Crippen molar-refractivity contribution in [2.45, 2.75) is 39.3 Å². The van der Waals surface area contributed by atoms with Crippen LogP contribution in [0.15, 0.2) is 70.8 Å². The molecule has 164 valence electrons. The standard InChI is InChI=1S/C26H27N3O2S/c1-19-15-17-32-24(19)18-28(2)25(30)13-12-22-26(31)29(16-14-20-8-4-3-5-9-20)23-11-7-6-10-21(23)27-22/h3-11,15,17H,12-14,16,18H2,1-2H3. The zero-order chi connectivity index (χ0) is 22.5. The number of amides is 1. The van der Waals surface area contributed by atoms with E-state index in [0.717, 1.165) is 17.5 Å². The first-order chi connectivity index (χ1) is 15.5. The minimum absolute atomic E-state index is 0.0167. The number of fused-ring (bicyclic) bond motifs is 1. The Morgan fingerprint density at radius 2 is 1.78 bits per heavy atom. The van der Waals surface area contributed by atoms with E-state index in [1.54, 1.807) is 20.8 Å². The molecule has 2 aromatic heterocycles. The average molecular weight is 446 g/mol. The molecule has 0 spiro atoms. The highest BCUT2D eigenvalue weighted by atomic mass is 32.1. The number of carbonyl (C=O) groups is 1. The summed E-state index contributed by atoms with van der Waals surface area (Å²) in [6.07, 6.45) is 1.36. The van der Waals surface area contributed by atoms with Crippen molar-refractivity contribution in [3.05, 3.63) is 98.1 Å². The van der Waals surface area contributed by atoms with Crippen LogP contribution in [0.25, 0.3) is 11.0 Å². The lowest BCUT2D eigenvalue weighted by atomic mass is 10.1. The lowest BCUT2D eigenvalue weighted by Crippen LogP contribution is -2.29. The van der Waals surface area contributed by atoms with Gasteiger partial charge >= 0.3 is 0 Å². The van der Waals surface area contributed by atoms with Crippen LogP contribution in [0.2, 0.25) is 0 Å². The number of nitrogens with zero attached hydrogens (tertiary/aromatic N) is 3. The lowest BCUT2D eigenvalue weighted by Gasteiger charge is -2.17. The van der Waals surface area contributed by atoms with Crippen LogP contribution in [0.4, 0.5) is 0 Å². The molecule has 2 heterocycles. The third-order valence-electron chi connectivity index (χ3n) is 5.74. The summed E-state index contributed by atoms with van der Waals surface area (Å²) in [5.41, 5.74) is 4.34. The number of para-hydroxylation sites is 2. The molecule has 4 aromatic rings. The van der Waals surface area contributed by atoms with Crippen molar-refractivity contribution in [2.24, 2.45) is 0 Å². The molecule has 1 amide bonds. The van der Waals surface area contributed by atoms with Gasteiger partial charge in [-0.15, -0.1) is 11.3 Å². The van der Waals surface area contributed by atoms with E-state index in [9.17, 15) is 9.59 Å². The molecule has 2 aromatic carbocycles. The SMILES string of the molecule is Cc1ccsc1CN(C)C(=O)CCc1nc2ccccc2n(CCc2ccccc2)c1=O. The third kappa shape index (κ3) is 4.97. The van der Waals surface area contributed by atoms with Crippen LogP contribution in [0.5, 0.6) is 0 Å². The molecule has 0 unspecified atom stereocenters. The first-order valence-corrected chi connectivity index (χ1v) is 11.7. The first kappa shape index (κ1) is 22.0. The van der Waals surface area contributed by atoms with Crippen LogP contribution in [0, 0.1) is 6.92 Å². The van der Waals surface area contributed by atoms with Crippen molar-refractivity contribution in [1.29, 1.82) is 0 Å². The summed E-state index contributed by atoms with van der Waals surface area (Å²) in [5, 5.41) is 2.04. The van der Waals surface area contributed by atoms with Gasteiger partial charge in [0.2, 0.25) is 5.91 Å². The van der Waals surface area contributed by atoms with Gasteiger partial charge in [0, 0.05) is 31.3 Å². The Morgan fingerprint density at radius 3 is 2.53 bits per heavy atom. The maximum atomic E-state index is 13.3. The highest BCUT2D eigenvalue weighted by Crippen LogP contribution is 2.18. The molecule has 5 nitrogen and oxygen atoms in total. The molecule has 0 aliphatic heterocycles. The fourth-order valence-electron chi connectivity index (χ4n) is 3.80. The van der Waals surface area contributed by atoms with Gasteiger partial charge in [-0.3, -0.25) is 9.59 Å². The first-order valence-electron chi connectivity index (χ1n) is 10.8. The molecule has 0 saturated heterocycles. The minimum Gasteiger partial charge on any atom is -0.341 e. The molecule has 0 atom stereocenters. The zero-order valence-corrected chi connectivity index (χ0v) is 19.3. The zero-order valence-electron chi connectivity index (χ0n) is 18.5. The Kier molecular flexibility index (Phi) is 6.81. The number of hydrogen-bond acceptors (Lipinski definition) is 4. The summed E-state index contributed by atoms with van der Waals surface area (Å²) < 4.78 is 1.80. The monoisotopic (exact) mass is 445 g/mol. The van der Waals surface area contributed by atoms with Crippen LogP contribution < -0.4 is 5.56 Å². The molecule has 0 aliphatic carbocycles. The van der Waals surface area contributed by atoms with Gasteiger partial charge in [-0.2, -0.15) is 0 Å². The van der Waals surface area contributed by atoms with E-state index in [-0.39, 0.29) is 17.9 Å². The van der Waals surface area contributed by atoms with E-state index in [2.05, 4.69) is 30.1 Å². The molecule has 0 bridgehead atoms. The highest BCUT2D eigenvalue weighted by molar-refractivity contribution is 7.10. The molecule has 0 radical (unpaired) electrons. The number of benzene rings is 2. The second-order valence-electron chi connectivity index (χ2n) is 8.02. The van der Waals surface area contributed by atoms with Crippen LogP contribution >= 0.6 is 11.3 Å². The Bertz CT molecular complexity index is 1280. The predicted molar refractivity (Wildman–Crippen MR) is 130 cm³/mol. The summed E-state index contributed by atoms with van der Waals surface area (Å²) in [5.74, 6) is 0.0167. The van der Waals surface area contributed by atoms with E-state index in [1.165, 1.54) is 16.0 Å². The Morgan fingerprint density at radius 1 is 1.03 bits per heavy atom. The van der Waals surface area contributed by atoms with Gasteiger partial charge in [0.05, 0.1) is 17.6 Å². The second kappa shape index (κ2) is 9.92. The number of rotatable bonds is 8. The summed E-state index contributed by atoms with van der Waals surface area (Å²) in [7, 11) is 1.81. The topological polar surface area (TPSA) is 55.2 Å². The fourth-order valence-corrected chi connectivity index (χ4v) is 4.76. The van der Waals surface area contributed by atoms with E-state index in [0.29, 0.717) is 25.2 Å². The largest absolute Gasteiger partial charge is 0.341 e. The van der Waals surface area contributed by atoms with E-state index in [1.807, 2.05) is 54.9 Å². The van der Waals surface area contributed by atoms with Gasteiger partial charge in [0.25, 0.3) is 5.56 Å². The number of carbonyl (C=O) groups excluding carboxylic acids is 1. The molecular weight excluding hydrogens is 418 g/mol. The van der Waals surface area contributed by atoms with Gasteiger partial charge in [-0.1, -0.05) is 42.5 Å². The molecular formula is C26H27N3O2S. The van der Waals surface area contributed by atoms with Crippen molar-refractivity contribution in [2.75, 3.05) is 7.05 Å². The van der Waals surface area contributed by atoms with Gasteiger partial charge < -0.3 is 9.47 Å². The Labute approximate surface area is 192 Å². The smallest absolute Gasteiger partial charge is 0.272 e. The summed E-state index contributed by atoms with van der Waals surface area (Å²) in [6.45, 7) is 3.22. The third-order valence-corrected chi connectivity index (χ3v) is 6.74. The van der Waals surface area contributed by atoms with Crippen LogP contribution in [-0.4, -0.2) is 27.4 Å². The van der Waals surface area contributed by atoms with E-state index >= 15 is 0 Å². The van der Waals surface area contributed by atoms with Gasteiger partial charge in [-0.05, 0) is 48.1 Å². The average Bonchev–Trinajstić information content (AvgIpc) is 3.21. The van der Waals surface area contributed by atoms with Crippen molar-refractivity contribution in [3.8, 4) is 0 Å². The van der Waals surface area contributed by atoms with Crippen molar-refractivity contribution >= 4 is 28.3 Å². The molecule has 32 heavy (non-hydrogen) atoms. The number of aromatic nitrogens is 2. The maximum absolute atomic E-state index is 13.3. The molecule has 0 saturated carbocycles. The highest BCUT2D eigenvalue weighted by Gasteiger charge is 2.15. The van der Waals surface area contributed by atoms with Gasteiger partial charge in [-0.25, -0.2) is 4.98 Å². The van der Waals surface area contributed by atoms with Crippen molar-refractivity contribution < 1.29 is 4.79 Å². The Hall–Kier alpha value is -3.25. The summed E-state index contributed by atoms with van der Waals surface area (Å²) in [4.78, 5) is 33.5. The second-order valence-corrected chi connectivity index (χ2v) is 9.02. The molecule has 4 rings (SSSR count). The normalized spacial score (nSPS) is 11.1. The number of hydrogen-bond donors (Lipinski definition) is 0. The molecule has 0 fully saturated rings. The number of thiophene rings is 1. The van der Waals surface area contributed by atoms with Crippen LogP contribution in [0.3, 0.4) is 0 Å². The van der Waals surface area contributed by atoms with Crippen molar-refractivity contribution in [3.63, 3.8) is 0 Å². The lowest BCUT2D eigenvalue weighted by molar-refractivity contribution is -0.130. The van der Waals surface area contributed by atoms with Gasteiger partial charge in [0.15, 0.2) is 0 Å². The summed E-state index contributed by atoms with van der Waals surface area (Å²) >= 11 is 1.66. The van der Waals surface area contributed by atoms with Crippen LogP contribution in [-0.2, 0) is 30.7 Å². The number of aryl methyl sites for hydroxylation is 4. The molecule has 6 heteroatoms. The molecule has 0 N–H and O–H groups in total.